The fraction of sp³-hybridized carbons (Fsp3) is 0.0455. The highest BCUT2D eigenvalue weighted by Crippen LogP contribution is 2.35. The van der Waals surface area contributed by atoms with E-state index in [0.717, 1.165) is 12.1 Å². The fourth-order valence-corrected chi connectivity index (χ4v) is 4.10. The van der Waals surface area contributed by atoms with Crippen molar-refractivity contribution in [2.24, 2.45) is 5.14 Å². The van der Waals surface area contributed by atoms with Crippen LogP contribution >= 0.6 is 11.6 Å². The van der Waals surface area contributed by atoms with Gasteiger partial charge in [0.15, 0.2) is 0 Å². The summed E-state index contributed by atoms with van der Waals surface area (Å²) in [4.78, 5) is -0.209. The Kier molecular flexibility index (Phi) is 5.58. The molecule has 10 heteroatoms. The van der Waals surface area contributed by atoms with Crippen LogP contribution in [0.15, 0.2) is 83.8 Å². The van der Waals surface area contributed by atoms with E-state index in [2.05, 4.69) is 5.10 Å². The zero-order valence-electron chi connectivity index (χ0n) is 16.2. The van der Waals surface area contributed by atoms with Crippen molar-refractivity contribution >= 4 is 21.6 Å². The first-order chi connectivity index (χ1) is 15.0. The number of nitrogens with two attached hydrogens (primary N) is 1. The molecular formula is C22H15ClF3N3O2S. The molecule has 1 aromatic heterocycles. The van der Waals surface area contributed by atoms with E-state index in [1.54, 1.807) is 36.4 Å². The molecule has 32 heavy (non-hydrogen) atoms. The summed E-state index contributed by atoms with van der Waals surface area (Å²) in [6.45, 7) is 0. The van der Waals surface area contributed by atoms with Crippen molar-refractivity contribution in [3.05, 3.63) is 89.4 Å². The van der Waals surface area contributed by atoms with E-state index < -0.39 is 21.8 Å². The average Bonchev–Trinajstić information content (AvgIpc) is 3.18. The summed E-state index contributed by atoms with van der Waals surface area (Å²) in [6, 6.07) is 18.9. The predicted molar refractivity (Wildman–Crippen MR) is 116 cm³/mol. The van der Waals surface area contributed by atoms with Crippen molar-refractivity contribution in [2.75, 3.05) is 0 Å². The molecule has 0 aliphatic carbocycles. The smallest absolute Gasteiger partial charge is 0.231 e. The minimum absolute atomic E-state index is 0.114. The largest absolute Gasteiger partial charge is 0.416 e. The van der Waals surface area contributed by atoms with Gasteiger partial charge < -0.3 is 0 Å². The van der Waals surface area contributed by atoms with Crippen molar-refractivity contribution in [1.82, 2.24) is 9.78 Å². The van der Waals surface area contributed by atoms with Crippen LogP contribution in [-0.4, -0.2) is 18.2 Å². The highest BCUT2D eigenvalue weighted by atomic mass is 35.5. The van der Waals surface area contributed by atoms with Gasteiger partial charge in [-0.15, -0.1) is 0 Å². The van der Waals surface area contributed by atoms with Gasteiger partial charge in [0, 0.05) is 16.1 Å². The molecule has 164 valence electrons. The number of rotatable bonds is 4. The van der Waals surface area contributed by atoms with Crippen LogP contribution in [0.3, 0.4) is 0 Å². The number of para-hydroxylation sites is 1. The number of aromatic nitrogens is 2. The van der Waals surface area contributed by atoms with Crippen LogP contribution in [0.25, 0.3) is 28.2 Å². The Morgan fingerprint density at radius 3 is 2.22 bits per heavy atom. The molecule has 0 radical (unpaired) electrons. The maximum absolute atomic E-state index is 13.3. The molecule has 0 aliphatic rings. The van der Waals surface area contributed by atoms with Crippen LogP contribution in [0, 0.1) is 0 Å². The van der Waals surface area contributed by atoms with Crippen LogP contribution in [0.4, 0.5) is 13.2 Å². The maximum Gasteiger partial charge on any atom is 0.416 e. The standard InChI is InChI=1S/C22H15ClF3N3O2S/c23-17-10-8-14(9-11-17)18-13-20(15-4-3-5-16(12-15)22(24,25)26)29(28-18)19-6-1-2-7-21(19)32(27,30)31/h1-13H,(H2,27,30,31). The third-order valence-corrected chi connectivity index (χ3v) is 5.95. The summed E-state index contributed by atoms with van der Waals surface area (Å²) in [6.07, 6.45) is -4.54. The Morgan fingerprint density at radius 1 is 0.875 bits per heavy atom. The van der Waals surface area contributed by atoms with Crippen LogP contribution in [0.5, 0.6) is 0 Å². The second-order valence-electron chi connectivity index (χ2n) is 6.92. The zero-order chi connectivity index (χ0) is 23.1. The molecule has 1 heterocycles. The van der Waals surface area contributed by atoms with Crippen molar-refractivity contribution in [2.45, 2.75) is 11.1 Å². The molecule has 2 N–H and O–H groups in total. The fourth-order valence-electron chi connectivity index (χ4n) is 3.26. The first-order valence-electron chi connectivity index (χ1n) is 9.20. The van der Waals surface area contributed by atoms with E-state index >= 15 is 0 Å². The lowest BCUT2D eigenvalue weighted by Crippen LogP contribution is -2.16. The van der Waals surface area contributed by atoms with Gasteiger partial charge in [-0.1, -0.05) is 48.0 Å². The minimum atomic E-state index is -4.54. The van der Waals surface area contributed by atoms with Crippen LogP contribution in [0.2, 0.25) is 5.02 Å². The third kappa shape index (κ3) is 4.40. The normalized spacial score (nSPS) is 12.2. The molecule has 0 atom stereocenters. The summed E-state index contributed by atoms with van der Waals surface area (Å²) in [5.41, 5.74) is 0.805. The Labute approximate surface area is 186 Å². The number of sulfonamides is 1. The number of primary sulfonamides is 1. The van der Waals surface area contributed by atoms with Gasteiger partial charge >= 0.3 is 6.18 Å². The molecule has 5 nitrogen and oxygen atoms in total. The van der Waals surface area contributed by atoms with E-state index in [1.165, 1.54) is 35.0 Å². The first-order valence-corrected chi connectivity index (χ1v) is 11.1. The lowest BCUT2D eigenvalue weighted by atomic mass is 10.1. The molecule has 0 saturated heterocycles. The van der Waals surface area contributed by atoms with Gasteiger partial charge in [0.1, 0.15) is 4.90 Å². The number of benzene rings is 3. The summed E-state index contributed by atoms with van der Waals surface area (Å²) >= 11 is 5.95. The average molecular weight is 478 g/mol. The SMILES string of the molecule is NS(=O)(=O)c1ccccc1-n1nc(-c2ccc(Cl)cc2)cc1-c1cccc(C(F)(F)F)c1. The molecule has 0 bridgehead atoms. The predicted octanol–water partition coefficient (Wildman–Crippen LogP) is 5.53. The highest BCUT2D eigenvalue weighted by molar-refractivity contribution is 7.89. The van der Waals surface area contributed by atoms with Gasteiger partial charge in [-0.3, -0.25) is 0 Å². The zero-order valence-corrected chi connectivity index (χ0v) is 17.8. The Morgan fingerprint density at radius 2 is 1.56 bits per heavy atom. The number of nitrogens with zero attached hydrogens (tertiary/aromatic N) is 2. The number of hydrogen-bond acceptors (Lipinski definition) is 3. The van der Waals surface area contributed by atoms with Crippen molar-refractivity contribution in [3.63, 3.8) is 0 Å². The molecule has 3 aromatic carbocycles. The second-order valence-corrected chi connectivity index (χ2v) is 8.89. The maximum atomic E-state index is 13.3. The Hall–Kier alpha value is -3.14. The van der Waals surface area contributed by atoms with Crippen LogP contribution in [0.1, 0.15) is 5.56 Å². The molecule has 0 fully saturated rings. The summed E-state index contributed by atoms with van der Waals surface area (Å²) in [5.74, 6) is 0. The van der Waals surface area contributed by atoms with E-state index in [9.17, 15) is 21.6 Å². The molecule has 4 aromatic rings. The second kappa shape index (κ2) is 8.09. The lowest BCUT2D eigenvalue weighted by molar-refractivity contribution is -0.137. The van der Waals surface area contributed by atoms with Crippen molar-refractivity contribution in [3.8, 4) is 28.2 Å². The highest BCUT2D eigenvalue weighted by Gasteiger charge is 2.31. The van der Waals surface area contributed by atoms with E-state index in [-0.39, 0.29) is 21.8 Å². The van der Waals surface area contributed by atoms with Crippen LogP contribution < -0.4 is 5.14 Å². The number of halogens is 4. The van der Waals surface area contributed by atoms with Gasteiger partial charge in [-0.05, 0) is 42.5 Å². The van der Waals surface area contributed by atoms with Gasteiger partial charge in [0.05, 0.1) is 22.6 Å². The minimum Gasteiger partial charge on any atom is -0.231 e. The first kappa shape index (κ1) is 22.1. The van der Waals surface area contributed by atoms with Gasteiger partial charge in [-0.2, -0.15) is 18.3 Å². The van der Waals surface area contributed by atoms with Gasteiger partial charge in [-0.25, -0.2) is 18.2 Å². The van der Waals surface area contributed by atoms with E-state index in [0.29, 0.717) is 16.3 Å². The quantitative estimate of drug-likeness (QED) is 0.420. The number of alkyl halides is 3. The molecule has 0 amide bonds. The Bertz CT molecular complexity index is 1400. The molecule has 0 spiro atoms. The summed E-state index contributed by atoms with van der Waals surface area (Å²) in [7, 11) is -4.13. The Balaban J connectivity index is 1.99. The van der Waals surface area contributed by atoms with E-state index in [4.69, 9.17) is 16.7 Å². The summed E-state index contributed by atoms with van der Waals surface area (Å²) < 4.78 is 65.5. The van der Waals surface area contributed by atoms with Crippen molar-refractivity contribution in [1.29, 1.82) is 0 Å². The molecule has 4 rings (SSSR count). The van der Waals surface area contributed by atoms with E-state index in [1.807, 2.05) is 0 Å². The monoisotopic (exact) mass is 477 g/mol. The molecule has 0 saturated carbocycles. The van der Waals surface area contributed by atoms with Crippen LogP contribution in [-0.2, 0) is 16.2 Å². The molecule has 0 aliphatic heterocycles. The third-order valence-electron chi connectivity index (χ3n) is 4.73. The molecule has 0 unspecified atom stereocenters. The lowest BCUT2D eigenvalue weighted by Gasteiger charge is -2.13. The summed E-state index contributed by atoms with van der Waals surface area (Å²) in [5, 5.41) is 10.4. The topological polar surface area (TPSA) is 78.0 Å². The van der Waals surface area contributed by atoms with Crippen molar-refractivity contribution < 1.29 is 21.6 Å². The van der Waals surface area contributed by atoms with Gasteiger partial charge in [0.2, 0.25) is 10.0 Å². The number of hydrogen-bond donors (Lipinski definition) is 1. The molecular weight excluding hydrogens is 463 g/mol. The van der Waals surface area contributed by atoms with Gasteiger partial charge in [0.25, 0.3) is 0 Å².